The zero-order valence-electron chi connectivity index (χ0n) is 34.9. The molecule has 62 heavy (non-hydrogen) atoms. The van der Waals surface area contributed by atoms with Gasteiger partial charge in [0, 0.05) is 33.1 Å². The Morgan fingerprint density at radius 2 is 1.06 bits per heavy atom. The van der Waals surface area contributed by atoms with E-state index >= 15 is 0 Å². The minimum absolute atomic E-state index is 0.00782. The highest BCUT2D eigenvalue weighted by molar-refractivity contribution is 6.21. The lowest BCUT2D eigenvalue weighted by molar-refractivity contribution is 0.590. The van der Waals surface area contributed by atoms with Gasteiger partial charge < -0.3 is 13.9 Å². The van der Waals surface area contributed by atoms with E-state index in [1.807, 2.05) is 0 Å². The van der Waals surface area contributed by atoms with Gasteiger partial charge in [-0.2, -0.15) is 0 Å². The maximum absolute atomic E-state index is 7.25. The lowest BCUT2D eigenvalue weighted by Gasteiger charge is -2.33. The predicted molar refractivity (Wildman–Crippen MR) is 258 cm³/mol. The second kappa shape index (κ2) is 12.7. The van der Waals surface area contributed by atoms with Crippen molar-refractivity contribution in [3.8, 4) is 27.9 Å². The molecular weight excluding hydrogens is 753 g/mol. The van der Waals surface area contributed by atoms with Gasteiger partial charge >= 0.3 is 0 Å². The largest absolute Gasteiger partial charge is 0.455 e. The summed E-state index contributed by atoms with van der Waals surface area (Å²) >= 11 is 0. The van der Waals surface area contributed by atoms with Gasteiger partial charge in [-0.1, -0.05) is 172 Å². The van der Waals surface area contributed by atoms with Crippen LogP contribution in [0.3, 0.4) is 0 Å². The van der Waals surface area contributed by atoms with Crippen molar-refractivity contribution in [1.82, 2.24) is 4.57 Å². The summed E-state index contributed by atoms with van der Waals surface area (Å²) < 4.78 is 9.71. The summed E-state index contributed by atoms with van der Waals surface area (Å²) in [6, 6.07) is 74.0. The Morgan fingerprint density at radius 1 is 0.484 bits per heavy atom. The fourth-order valence-electron chi connectivity index (χ4n) is 11.2. The second-order valence-corrected chi connectivity index (χ2v) is 18.0. The molecule has 11 aromatic rings. The lowest BCUT2D eigenvalue weighted by atomic mass is 9.70. The second-order valence-electron chi connectivity index (χ2n) is 18.0. The fourth-order valence-corrected chi connectivity index (χ4v) is 11.2. The van der Waals surface area contributed by atoms with Crippen LogP contribution in [0.1, 0.15) is 48.6 Å². The van der Waals surface area contributed by atoms with Gasteiger partial charge in [-0.15, -0.1) is 0 Å². The third-order valence-electron chi connectivity index (χ3n) is 13.7. The van der Waals surface area contributed by atoms with E-state index in [9.17, 15) is 0 Å². The van der Waals surface area contributed by atoms with Gasteiger partial charge in [-0.25, -0.2) is 0 Å². The molecule has 0 atom stereocenters. The number of furan rings is 1. The monoisotopic (exact) mass is 794 g/mol. The van der Waals surface area contributed by atoms with E-state index in [1.54, 1.807) is 0 Å². The molecule has 0 fully saturated rings. The van der Waals surface area contributed by atoms with Gasteiger partial charge in [0.05, 0.1) is 33.2 Å². The van der Waals surface area contributed by atoms with Crippen molar-refractivity contribution in [2.24, 2.45) is 0 Å². The first kappa shape index (κ1) is 35.2. The van der Waals surface area contributed by atoms with Gasteiger partial charge in [0.2, 0.25) is 0 Å². The quantitative estimate of drug-likeness (QED) is 0.177. The van der Waals surface area contributed by atoms with Crippen molar-refractivity contribution in [3.63, 3.8) is 0 Å². The van der Waals surface area contributed by atoms with Crippen molar-refractivity contribution in [1.29, 1.82) is 0 Å². The lowest BCUT2D eigenvalue weighted by Crippen LogP contribution is -2.26. The third-order valence-corrected chi connectivity index (χ3v) is 13.7. The molecule has 2 aliphatic rings. The predicted octanol–water partition coefficient (Wildman–Crippen LogP) is 15.8. The van der Waals surface area contributed by atoms with Crippen LogP contribution < -0.4 is 4.90 Å². The molecule has 0 amide bonds. The number of nitrogens with zero attached hydrogens (tertiary/aromatic N) is 2. The number of aromatic nitrogens is 1. The molecule has 9 aromatic carbocycles. The summed E-state index contributed by atoms with van der Waals surface area (Å²) in [5.74, 6) is 0. The SMILES string of the molecule is CC(C)(C)c1ccc(N(c2cc3c(c4oc5ccccc5c24)-c2ccccc2C32c3ccccc3-c3ccccc32)c2cccc3c4ccccc4n(-c4ccccc4)c23)cc1. The van der Waals surface area contributed by atoms with Crippen LogP contribution >= 0.6 is 0 Å². The summed E-state index contributed by atoms with van der Waals surface area (Å²) in [6.07, 6.45) is 0. The Balaban J connectivity index is 1.23. The van der Waals surface area contributed by atoms with Crippen LogP contribution in [0.15, 0.2) is 205 Å². The molecule has 0 saturated heterocycles. The molecule has 2 heterocycles. The van der Waals surface area contributed by atoms with Crippen LogP contribution in [0, 0.1) is 0 Å². The molecule has 0 bridgehead atoms. The maximum Gasteiger partial charge on any atom is 0.145 e. The molecule has 2 aromatic heterocycles. The first-order valence-electron chi connectivity index (χ1n) is 21.7. The smallest absolute Gasteiger partial charge is 0.145 e. The van der Waals surface area contributed by atoms with Crippen LogP contribution in [0.4, 0.5) is 17.1 Å². The number of anilines is 3. The number of fused-ring (bicyclic) bond motifs is 17. The fraction of sp³-hybridized carbons (Fsp3) is 0.0847. The minimum Gasteiger partial charge on any atom is -0.455 e. The van der Waals surface area contributed by atoms with E-state index in [4.69, 9.17) is 4.42 Å². The number of rotatable bonds is 4. The molecule has 294 valence electrons. The standard InChI is InChI=1S/C59H42N2O/c1-58(2,3)37-32-34-39(35-33-37)60(51-30-17-25-43-42-22-10-15-29-50(42)61(56(43)51)38-18-5-4-6-19-38)52-36-49-54(57-55(52)45-24-11-16-31-53(45)62-57)44-23-9-14-28-48(44)59(49)46-26-12-7-20-40(46)41-21-8-13-27-47(41)59/h4-36H,1-3H3. The van der Waals surface area contributed by atoms with Gasteiger partial charge in [0.1, 0.15) is 11.2 Å². The Bertz CT molecular complexity index is 3570. The van der Waals surface area contributed by atoms with Crippen LogP contribution in [-0.2, 0) is 10.8 Å². The van der Waals surface area contributed by atoms with Gasteiger partial charge in [0.15, 0.2) is 0 Å². The van der Waals surface area contributed by atoms with E-state index in [0.717, 1.165) is 50.2 Å². The van der Waals surface area contributed by atoms with Gasteiger partial charge in [-0.3, -0.25) is 0 Å². The molecular formula is C59H42N2O. The highest BCUT2D eigenvalue weighted by Gasteiger charge is 2.53. The van der Waals surface area contributed by atoms with Gasteiger partial charge in [-0.05, 0) is 98.5 Å². The Kier molecular flexibility index (Phi) is 7.20. The molecule has 13 rings (SSSR count). The van der Waals surface area contributed by atoms with Gasteiger partial charge in [0.25, 0.3) is 0 Å². The number of para-hydroxylation sites is 4. The van der Waals surface area contributed by atoms with Crippen LogP contribution in [-0.4, -0.2) is 4.57 Å². The minimum atomic E-state index is -0.562. The summed E-state index contributed by atoms with van der Waals surface area (Å²) in [4.78, 5) is 2.53. The van der Waals surface area contributed by atoms with Crippen LogP contribution in [0.5, 0.6) is 0 Å². The van der Waals surface area contributed by atoms with Crippen molar-refractivity contribution >= 4 is 60.8 Å². The summed E-state index contributed by atoms with van der Waals surface area (Å²) in [5, 5.41) is 4.62. The van der Waals surface area contributed by atoms with E-state index in [1.165, 1.54) is 66.4 Å². The Labute approximate surface area is 360 Å². The molecule has 0 saturated carbocycles. The number of hydrogen-bond donors (Lipinski definition) is 0. The third kappa shape index (κ3) is 4.60. The average Bonchev–Trinajstić information content (AvgIpc) is 4.04. The van der Waals surface area contributed by atoms with E-state index in [0.29, 0.717) is 0 Å². The van der Waals surface area contributed by atoms with Crippen LogP contribution in [0.2, 0.25) is 0 Å². The summed E-state index contributed by atoms with van der Waals surface area (Å²) in [7, 11) is 0. The van der Waals surface area contributed by atoms with Crippen molar-refractivity contribution < 1.29 is 4.42 Å². The first-order chi connectivity index (χ1) is 30.4. The molecule has 3 heteroatoms. The number of benzene rings is 9. The molecule has 0 radical (unpaired) electrons. The zero-order chi connectivity index (χ0) is 41.3. The first-order valence-corrected chi connectivity index (χ1v) is 21.7. The molecule has 0 unspecified atom stereocenters. The van der Waals surface area contributed by atoms with Crippen molar-refractivity contribution in [2.75, 3.05) is 4.90 Å². The summed E-state index contributed by atoms with van der Waals surface area (Å²) in [5.41, 5.74) is 19.3. The average molecular weight is 795 g/mol. The van der Waals surface area contributed by atoms with E-state index in [2.05, 4.69) is 230 Å². The molecule has 3 nitrogen and oxygen atoms in total. The molecule has 0 N–H and O–H groups in total. The molecule has 2 aliphatic carbocycles. The Hall–Kier alpha value is -7.62. The molecule has 0 aliphatic heterocycles. The Morgan fingerprint density at radius 3 is 1.77 bits per heavy atom. The van der Waals surface area contributed by atoms with Crippen LogP contribution in [0.25, 0.3) is 71.7 Å². The highest BCUT2D eigenvalue weighted by Crippen LogP contribution is 2.65. The number of hydrogen-bond acceptors (Lipinski definition) is 2. The molecule has 1 spiro atoms. The van der Waals surface area contributed by atoms with Crippen molar-refractivity contribution in [2.45, 2.75) is 31.6 Å². The zero-order valence-corrected chi connectivity index (χ0v) is 34.9. The normalized spacial score (nSPS) is 13.5. The van der Waals surface area contributed by atoms with Crippen molar-refractivity contribution in [3.05, 3.63) is 228 Å². The summed E-state index contributed by atoms with van der Waals surface area (Å²) in [6.45, 7) is 6.86. The topological polar surface area (TPSA) is 21.3 Å². The van der Waals surface area contributed by atoms with E-state index < -0.39 is 5.41 Å². The highest BCUT2D eigenvalue weighted by atomic mass is 16.3. The maximum atomic E-state index is 7.25. The van der Waals surface area contributed by atoms with E-state index in [-0.39, 0.29) is 5.41 Å².